The summed E-state index contributed by atoms with van der Waals surface area (Å²) in [6, 6.07) is 9.59. The van der Waals surface area contributed by atoms with Gasteiger partial charge in [-0.1, -0.05) is 17.7 Å². The van der Waals surface area contributed by atoms with Crippen molar-refractivity contribution in [2.24, 2.45) is 0 Å². The van der Waals surface area contributed by atoms with Crippen molar-refractivity contribution in [2.75, 3.05) is 18.6 Å². The zero-order valence-electron chi connectivity index (χ0n) is 20.8. The van der Waals surface area contributed by atoms with Crippen LogP contribution in [0.1, 0.15) is 24.6 Å². The van der Waals surface area contributed by atoms with Crippen molar-refractivity contribution in [1.29, 1.82) is 0 Å². The van der Waals surface area contributed by atoms with Gasteiger partial charge in [-0.3, -0.25) is 9.69 Å². The Balaban J connectivity index is 1.44. The van der Waals surface area contributed by atoms with Gasteiger partial charge in [0.2, 0.25) is 5.60 Å². The van der Waals surface area contributed by atoms with Gasteiger partial charge in [-0.25, -0.2) is 4.98 Å². The summed E-state index contributed by atoms with van der Waals surface area (Å²) in [7, 11) is 1.52. The number of carbonyl (C=O) groups excluding carboxylic acids is 1. The molecule has 0 radical (unpaired) electrons. The zero-order chi connectivity index (χ0) is 27.5. The van der Waals surface area contributed by atoms with E-state index in [1.807, 2.05) is 0 Å². The molecule has 0 aliphatic carbocycles. The first-order chi connectivity index (χ1) is 18.6. The molecule has 2 aliphatic heterocycles. The standard InChI is InChI=1S/C26H21ClF3N5O4/c1-14-31-12-21(38-14)17-6-4-15(10-20(17)37-2)22-32-33-23-25(8-3-9-34(22)23)24(36)35(13-26(28,29)30)18-11-16(27)5-7-19(18)39-25/h4-7,10-12H,3,8-9,13H2,1-2H3. The van der Waals surface area contributed by atoms with Crippen LogP contribution in [0.4, 0.5) is 18.9 Å². The Labute approximate surface area is 225 Å². The Morgan fingerprint density at radius 3 is 2.72 bits per heavy atom. The lowest BCUT2D eigenvalue weighted by Gasteiger charge is -2.43. The number of fused-ring (bicyclic) bond motifs is 3. The second-order valence-electron chi connectivity index (χ2n) is 9.31. The predicted molar refractivity (Wildman–Crippen MR) is 134 cm³/mol. The highest BCUT2D eigenvalue weighted by molar-refractivity contribution is 6.31. The quantitative estimate of drug-likeness (QED) is 0.323. The number of carbonyl (C=O) groups is 1. The van der Waals surface area contributed by atoms with Gasteiger partial charge in [-0.05, 0) is 36.8 Å². The first-order valence-electron chi connectivity index (χ1n) is 12.0. The van der Waals surface area contributed by atoms with E-state index < -0.39 is 24.2 Å². The number of methoxy groups -OCH3 is 1. The first kappa shape index (κ1) is 25.2. The summed E-state index contributed by atoms with van der Waals surface area (Å²) in [6.07, 6.45) is -2.48. The molecule has 1 atom stereocenters. The monoisotopic (exact) mass is 559 g/mol. The van der Waals surface area contributed by atoms with Crippen LogP contribution < -0.4 is 14.4 Å². The molecule has 1 unspecified atom stereocenters. The van der Waals surface area contributed by atoms with Crippen molar-refractivity contribution >= 4 is 23.2 Å². The molecular weight excluding hydrogens is 539 g/mol. The number of alkyl halides is 3. The maximum atomic E-state index is 13.8. The van der Waals surface area contributed by atoms with Crippen LogP contribution in [0.5, 0.6) is 11.5 Å². The second-order valence-corrected chi connectivity index (χ2v) is 9.75. The second kappa shape index (κ2) is 9.01. The van der Waals surface area contributed by atoms with Crippen molar-refractivity contribution in [3.05, 3.63) is 59.3 Å². The number of ether oxygens (including phenoxy) is 2. The molecule has 13 heteroatoms. The van der Waals surface area contributed by atoms with E-state index in [1.165, 1.54) is 25.3 Å². The lowest BCUT2D eigenvalue weighted by atomic mass is 9.89. The summed E-state index contributed by atoms with van der Waals surface area (Å²) >= 11 is 6.05. The van der Waals surface area contributed by atoms with Gasteiger partial charge in [0.15, 0.2) is 23.3 Å². The van der Waals surface area contributed by atoms with E-state index in [0.717, 1.165) is 0 Å². The normalized spacial score (nSPS) is 18.6. The van der Waals surface area contributed by atoms with Gasteiger partial charge in [0.25, 0.3) is 5.91 Å². The van der Waals surface area contributed by atoms with E-state index >= 15 is 0 Å². The van der Waals surface area contributed by atoms with Crippen LogP contribution in [-0.2, 0) is 16.9 Å². The van der Waals surface area contributed by atoms with Crippen molar-refractivity contribution < 1.29 is 31.9 Å². The van der Waals surface area contributed by atoms with E-state index in [0.29, 0.717) is 52.2 Å². The number of benzene rings is 2. The van der Waals surface area contributed by atoms with E-state index in [9.17, 15) is 18.0 Å². The number of hydrogen-bond donors (Lipinski definition) is 0. The molecule has 0 saturated carbocycles. The smallest absolute Gasteiger partial charge is 0.406 e. The molecule has 9 nitrogen and oxygen atoms in total. The van der Waals surface area contributed by atoms with Gasteiger partial charge >= 0.3 is 6.18 Å². The first-order valence-corrected chi connectivity index (χ1v) is 12.4. The third-order valence-electron chi connectivity index (χ3n) is 6.79. The molecule has 6 rings (SSSR count). The summed E-state index contributed by atoms with van der Waals surface area (Å²) in [5, 5.41) is 8.80. The maximum Gasteiger partial charge on any atom is 0.406 e. The van der Waals surface area contributed by atoms with Crippen LogP contribution in [-0.4, -0.2) is 45.5 Å². The Morgan fingerprint density at radius 1 is 1.18 bits per heavy atom. The third kappa shape index (κ3) is 4.19. The van der Waals surface area contributed by atoms with Gasteiger partial charge in [0.1, 0.15) is 18.0 Å². The fourth-order valence-corrected chi connectivity index (χ4v) is 5.29. The number of amides is 1. The highest BCUT2D eigenvalue weighted by Crippen LogP contribution is 2.48. The van der Waals surface area contributed by atoms with E-state index in [2.05, 4.69) is 15.2 Å². The van der Waals surface area contributed by atoms with Gasteiger partial charge in [-0.15, -0.1) is 10.2 Å². The highest BCUT2D eigenvalue weighted by Gasteiger charge is 2.56. The molecule has 4 heterocycles. The number of aryl methyl sites for hydroxylation is 1. The minimum absolute atomic E-state index is 0.0460. The van der Waals surface area contributed by atoms with Gasteiger partial charge in [0.05, 0.1) is 24.6 Å². The van der Waals surface area contributed by atoms with E-state index in [-0.39, 0.29) is 28.7 Å². The summed E-state index contributed by atoms with van der Waals surface area (Å²) in [6.45, 7) is 0.680. The van der Waals surface area contributed by atoms with Crippen LogP contribution >= 0.6 is 11.6 Å². The molecule has 0 fully saturated rings. The highest BCUT2D eigenvalue weighted by atomic mass is 35.5. The summed E-state index contributed by atoms with van der Waals surface area (Å²) in [4.78, 5) is 18.6. The molecule has 4 aromatic rings. The number of halogens is 4. The fourth-order valence-electron chi connectivity index (χ4n) is 5.13. The largest absolute Gasteiger partial charge is 0.496 e. The Hall–Kier alpha value is -4.06. The SMILES string of the molecule is COc1cc(-c2nnc3n2CCCC32Oc3ccc(Cl)cc3N(CC(F)(F)F)C2=O)ccc1-c1cnc(C)o1. The molecular formula is C26H21ClF3N5O4. The summed E-state index contributed by atoms with van der Waals surface area (Å²) < 4.78 is 59.9. The van der Waals surface area contributed by atoms with Gasteiger partial charge in [0, 0.05) is 30.5 Å². The molecule has 2 aromatic heterocycles. The minimum Gasteiger partial charge on any atom is -0.496 e. The van der Waals surface area contributed by atoms with Crippen molar-refractivity contribution in [3.63, 3.8) is 0 Å². The van der Waals surface area contributed by atoms with Crippen LogP contribution in [0.15, 0.2) is 47.0 Å². The van der Waals surface area contributed by atoms with Crippen molar-refractivity contribution in [3.8, 4) is 34.2 Å². The molecule has 202 valence electrons. The Kier molecular flexibility index (Phi) is 5.83. The van der Waals surface area contributed by atoms with Crippen LogP contribution in [0, 0.1) is 6.92 Å². The summed E-state index contributed by atoms with van der Waals surface area (Å²) in [5.74, 6) is 1.33. The van der Waals surface area contributed by atoms with Crippen LogP contribution in [0.3, 0.4) is 0 Å². The minimum atomic E-state index is -4.65. The van der Waals surface area contributed by atoms with Gasteiger partial charge < -0.3 is 18.5 Å². The number of oxazole rings is 1. The fraction of sp³-hybridized carbons (Fsp3) is 0.308. The van der Waals surface area contributed by atoms with Gasteiger partial charge in [-0.2, -0.15) is 13.2 Å². The number of anilines is 1. The number of nitrogens with zero attached hydrogens (tertiary/aromatic N) is 5. The maximum absolute atomic E-state index is 13.8. The molecule has 0 bridgehead atoms. The van der Waals surface area contributed by atoms with Crippen molar-refractivity contribution in [1.82, 2.24) is 19.7 Å². The molecule has 1 spiro atoms. The molecule has 39 heavy (non-hydrogen) atoms. The Bertz CT molecular complexity index is 1600. The number of hydrogen-bond acceptors (Lipinski definition) is 7. The molecule has 1 amide bonds. The lowest BCUT2D eigenvalue weighted by Crippen LogP contribution is -2.58. The molecule has 0 saturated heterocycles. The summed E-state index contributed by atoms with van der Waals surface area (Å²) in [5.41, 5.74) is -0.516. The topological polar surface area (TPSA) is 95.5 Å². The van der Waals surface area contributed by atoms with Crippen LogP contribution in [0.2, 0.25) is 5.02 Å². The number of aromatic nitrogens is 4. The lowest BCUT2D eigenvalue weighted by molar-refractivity contribution is -0.148. The van der Waals surface area contributed by atoms with Crippen LogP contribution in [0.25, 0.3) is 22.7 Å². The van der Waals surface area contributed by atoms with Crippen molar-refractivity contribution in [2.45, 2.75) is 38.1 Å². The third-order valence-corrected chi connectivity index (χ3v) is 7.03. The average molecular weight is 560 g/mol. The zero-order valence-corrected chi connectivity index (χ0v) is 21.5. The number of rotatable bonds is 4. The molecule has 0 N–H and O–H groups in total. The molecule has 2 aromatic carbocycles. The van der Waals surface area contributed by atoms with E-state index in [4.69, 9.17) is 25.5 Å². The average Bonchev–Trinajstić information content (AvgIpc) is 3.53. The predicted octanol–water partition coefficient (Wildman–Crippen LogP) is 5.55. The Morgan fingerprint density at radius 2 is 2.00 bits per heavy atom. The van der Waals surface area contributed by atoms with E-state index in [1.54, 1.807) is 35.9 Å². The molecule has 2 aliphatic rings.